The minimum Gasteiger partial charge on any atom is -0.352 e. The monoisotopic (exact) mass is 609 g/mol. The zero-order valence-electron chi connectivity index (χ0n) is 24.6. The van der Waals surface area contributed by atoms with Crippen molar-refractivity contribution in [3.05, 3.63) is 94.5 Å². The highest BCUT2D eigenvalue weighted by atomic mass is 35.5. The molecule has 1 N–H and O–H groups in total. The predicted molar refractivity (Wildman–Crippen MR) is 168 cm³/mol. The number of hydrogen-bond acceptors (Lipinski definition) is 4. The molecule has 0 saturated heterocycles. The molecular weight excluding hydrogens is 570 g/mol. The molecule has 1 aliphatic carbocycles. The number of sulfonamides is 1. The summed E-state index contributed by atoms with van der Waals surface area (Å²) in [4.78, 5) is 29.5. The van der Waals surface area contributed by atoms with Crippen LogP contribution in [0.2, 0.25) is 5.02 Å². The summed E-state index contributed by atoms with van der Waals surface area (Å²) in [5, 5.41) is 3.70. The lowest BCUT2D eigenvalue weighted by Gasteiger charge is -2.34. The molecule has 0 heterocycles. The maximum atomic E-state index is 14.3. The molecule has 2 amide bonds. The lowest BCUT2D eigenvalue weighted by atomic mass is 10.1. The molecule has 3 aromatic rings. The summed E-state index contributed by atoms with van der Waals surface area (Å²) in [5.74, 6) is -0.673. The minimum atomic E-state index is -4.11. The average molecular weight is 610 g/mol. The van der Waals surface area contributed by atoms with E-state index in [1.54, 1.807) is 48.5 Å². The Kier molecular flexibility index (Phi) is 10.7. The number of carbonyl (C=O) groups excluding carboxylic acids is 2. The molecule has 0 unspecified atom stereocenters. The first kappa shape index (κ1) is 31.6. The first-order valence-electron chi connectivity index (χ1n) is 14.7. The SMILES string of the molecule is CCc1ccccc1N(CC(=O)N(Cc1ccc(Cl)cc1)[C@H](CC)C(=O)NC1CCCC1)S(=O)(=O)c1ccc(C)cc1. The second kappa shape index (κ2) is 14.2. The number of para-hydroxylation sites is 1. The number of hydrogen-bond donors (Lipinski definition) is 1. The Morgan fingerprint density at radius 3 is 2.21 bits per heavy atom. The average Bonchev–Trinajstić information content (AvgIpc) is 3.50. The number of nitrogens with zero attached hydrogens (tertiary/aromatic N) is 2. The summed E-state index contributed by atoms with van der Waals surface area (Å²) in [6, 6.07) is 20.3. The highest BCUT2D eigenvalue weighted by molar-refractivity contribution is 7.92. The number of carbonyl (C=O) groups is 2. The largest absolute Gasteiger partial charge is 0.352 e. The van der Waals surface area contributed by atoms with Crippen LogP contribution in [0.5, 0.6) is 0 Å². The second-order valence-corrected chi connectivity index (χ2v) is 13.2. The van der Waals surface area contributed by atoms with Gasteiger partial charge in [0.15, 0.2) is 0 Å². The summed E-state index contributed by atoms with van der Waals surface area (Å²) in [6.45, 7) is 5.40. The summed E-state index contributed by atoms with van der Waals surface area (Å²) < 4.78 is 29.5. The van der Waals surface area contributed by atoms with E-state index in [0.717, 1.165) is 42.4 Å². The Morgan fingerprint density at radius 1 is 0.952 bits per heavy atom. The van der Waals surface area contributed by atoms with Gasteiger partial charge < -0.3 is 10.2 Å². The molecule has 0 aromatic heterocycles. The van der Waals surface area contributed by atoms with Crippen LogP contribution in [0.4, 0.5) is 5.69 Å². The highest BCUT2D eigenvalue weighted by Gasteiger charge is 2.35. The smallest absolute Gasteiger partial charge is 0.264 e. The zero-order chi connectivity index (χ0) is 30.3. The minimum absolute atomic E-state index is 0.0916. The molecule has 9 heteroatoms. The summed E-state index contributed by atoms with van der Waals surface area (Å²) in [5.41, 5.74) is 2.97. The maximum Gasteiger partial charge on any atom is 0.264 e. The van der Waals surface area contributed by atoms with Gasteiger partial charge in [0, 0.05) is 17.6 Å². The van der Waals surface area contributed by atoms with E-state index in [-0.39, 0.29) is 23.4 Å². The van der Waals surface area contributed by atoms with Gasteiger partial charge in [0.25, 0.3) is 10.0 Å². The Morgan fingerprint density at radius 2 is 1.60 bits per heavy atom. The van der Waals surface area contributed by atoms with E-state index in [0.29, 0.717) is 23.6 Å². The summed E-state index contributed by atoms with van der Waals surface area (Å²) in [7, 11) is -4.11. The van der Waals surface area contributed by atoms with Crippen LogP contribution in [0.25, 0.3) is 0 Å². The number of rotatable bonds is 12. The molecule has 224 valence electrons. The van der Waals surface area contributed by atoms with Gasteiger partial charge in [-0.3, -0.25) is 13.9 Å². The van der Waals surface area contributed by atoms with Gasteiger partial charge >= 0.3 is 0 Å². The standard InChI is InChI=1S/C33H40ClN3O4S/c1-4-26-10-6-9-13-31(26)37(42(40,41)29-20-14-24(3)15-21-29)23-32(38)36(22-25-16-18-27(34)19-17-25)30(5-2)33(39)35-28-11-7-8-12-28/h6,9-10,13-21,28,30H,4-5,7-8,11-12,22-23H2,1-3H3,(H,35,39)/t30-/m1/s1. The number of halogens is 1. The lowest BCUT2D eigenvalue weighted by Crippen LogP contribution is -2.53. The second-order valence-electron chi connectivity index (χ2n) is 10.9. The number of aryl methyl sites for hydroxylation is 2. The van der Waals surface area contributed by atoms with E-state index in [1.807, 2.05) is 45.0 Å². The topological polar surface area (TPSA) is 86.8 Å². The third kappa shape index (κ3) is 7.53. The maximum absolute atomic E-state index is 14.3. The number of nitrogens with one attached hydrogen (secondary N) is 1. The van der Waals surface area contributed by atoms with E-state index >= 15 is 0 Å². The summed E-state index contributed by atoms with van der Waals surface area (Å²) in [6.07, 6.45) is 4.94. The fraction of sp³-hybridized carbons (Fsp3) is 0.394. The molecule has 4 rings (SSSR count). The van der Waals surface area contributed by atoms with Crippen molar-refractivity contribution in [1.82, 2.24) is 10.2 Å². The number of amides is 2. The van der Waals surface area contributed by atoms with Gasteiger partial charge in [-0.05, 0) is 74.1 Å². The molecule has 1 atom stereocenters. The van der Waals surface area contributed by atoms with Gasteiger partial charge in [-0.25, -0.2) is 8.42 Å². The summed E-state index contributed by atoms with van der Waals surface area (Å²) >= 11 is 6.11. The van der Waals surface area contributed by atoms with Crippen LogP contribution in [-0.4, -0.2) is 43.8 Å². The van der Waals surface area contributed by atoms with Crippen molar-refractivity contribution in [1.29, 1.82) is 0 Å². The molecule has 0 radical (unpaired) electrons. The van der Waals surface area contributed by atoms with Gasteiger partial charge in [-0.2, -0.15) is 0 Å². The molecule has 0 spiro atoms. The van der Waals surface area contributed by atoms with E-state index in [9.17, 15) is 18.0 Å². The van der Waals surface area contributed by atoms with E-state index < -0.39 is 28.5 Å². The number of benzene rings is 3. The molecule has 1 fully saturated rings. The van der Waals surface area contributed by atoms with Crippen LogP contribution in [0.3, 0.4) is 0 Å². The molecule has 42 heavy (non-hydrogen) atoms. The highest BCUT2D eigenvalue weighted by Crippen LogP contribution is 2.29. The quantitative estimate of drug-likeness (QED) is 0.262. The molecule has 1 saturated carbocycles. The van der Waals surface area contributed by atoms with Crippen molar-refractivity contribution in [2.45, 2.75) is 82.8 Å². The zero-order valence-corrected chi connectivity index (χ0v) is 26.1. The van der Waals surface area contributed by atoms with Crippen LogP contribution in [0.15, 0.2) is 77.7 Å². The van der Waals surface area contributed by atoms with Crippen LogP contribution in [0, 0.1) is 6.92 Å². The van der Waals surface area contributed by atoms with Crippen molar-refractivity contribution in [3.8, 4) is 0 Å². The molecule has 7 nitrogen and oxygen atoms in total. The third-order valence-corrected chi connectivity index (χ3v) is 9.91. The Balaban J connectivity index is 1.74. The first-order chi connectivity index (χ1) is 20.1. The number of anilines is 1. The van der Waals surface area contributed by atoms with E-state index in [2.05, 4.69) is 5.32 Å². The van der Waals surface area contributed by atoms with Gasteiger partial charge in [0.05, 0.1) is 10.6 Å². The van der Waals surface area contributed by atoms with Crippen molar-refractivity contribution < 1.29 is 18.0 Å². The fourth-order valence-electron chi connectivity index (χ4n) is 5.48. The van der Waals surface area contributed by atoms with Crippen molar-refractivity contribution in [2.24, 2.45) is 0 Å². The van der Waals surface area contributed by atoms with Crippen molar-refractivity contribution in [2.75, 3.05) is 10.8 Å². The van der Waals surface area contributed by atoms with Gasteiger partial charge in [0.1, 0.15) is 12.6 Å². The van der Waals surface area contributed by atoms with Crippen LogP contribution < -0.4 is 9.62 Å². The molecule has 0 aliphatic heterocycles. The molecule has 0 bridgehead atoms. The van der Waals surface area contributed by atoms with E-state index in [4.69, 9.17) is 11.6 Å². The van der Waals surface area contributed by atoms with Crippen LogP contribution in [-0.2, 0) is 32.6 Å². The van der Waals surface area contributed by atoms with E-state index in [1.165, 1.54) is 9.21 Å². The van der Waals surface area contributed by atoms with Gasteiger partial charge in [-0.15, -0.1) is 0 Å². The molecule has 3 aromatic carbocycles. The molecular formula is C33H40ClN3O4S. The lowest BCUT2D eigenvalue weighted by molar-refractivity contribution is -0.140. The Hall–Kier alpha value is -3.36. The van der Waals surface area contributed by atoms with Crippen molar-refractivity contribution in [3.63, 3.8) is 0 Å². The van der Waals surface area contributed by atoms with Gasteiger partial charge in [-0.1, -0.05) is 86.3 Å². The van der Waals surface area contributed by atoms with Gasteiger partial charge in [0.2, 0.25) is 11.8 Å². The van der Waals surface area contributed by atoms with Crippen LogP contribution >= 0.6 is 11.6 Å². The Labute approximate surface area is 254 Å². The van der Waals surface area contributed by atoms with Crippen LogP contribution in [0.1, 0.15) is 62.6 Å². The predicted octanol–water partition coefficient (Wildman–Crippen LogP) is 6.27. The normalized spacial score (nSPS) is 14.4. The van der Waals surface area contributed by atoms with Crippen molar-refractivity contribution >= 4 is 39.1 Å². The molecule has 1 aliphatic rings. The first-order valence-corrected chi connectivity index (χ1v) is 16.5. The fourth-order valence-corrected chi connectivity index (χ4v) is 7.06. The Bertz CT molecular complexity index is 1470. The third-order valence-electron chi connectivity index (χ3n) is 7.88.